The van der Waals surface area contributed by atoms with Crippen LogP contribution in [0.5, 0.6) is 0 Å². The van der Waals surface area contributed by atoms with E-state index in [-0.39, 0.29) is 18.9 Å². The summed E-state index contributed by atoms with van der Waals surface area (Å²) >= 11 is 0. The van der Waals surface area contributed by atoms with Crippen molar-refractivity contribution in [2.45, 2.75) is 212 Å². The highest BCUT2D eigenvalue weighted by Gasteiger charge is 2.20. The van der Waals surface area contributed by atoms with E-state index in [1.54, 1.807) is 6.08 Å². The molecule has 0 aromatic carbocycles. The standard InChI is InChI=1S/C41H77NO4/c1-3-5-7-9-11-13-15-16-17-18-19-20-21-22-23-24-25-27-29-31-33-35-40(45)39(37-43)42-41(46)36-38(44)34-32-30-28-26-14-12-10-8-6-4-2/h21-22,25,27,33,35,38-40,43-45H,3-20,23-24,26,28-32,34,36-37H2,1-2H3,(H,42,46)/b22-21+,27-25+,35-33+. The summed E-state index contributed by atoms with van der Waals surface area (Å²) in [4.78, 5) is 12.3. The number of aliphatic hydroxyl groups is 3. The van der Waals surface area contributed by atoms with Crippen LogP contribution in [0.2, 0.25) is 0 Å². The van der Waals surface area contributed by atoms with Crippen LogP contribution in [-0.4, -0.2) is 46.1 Å². The molecule has 5 nitrogen and oxygen atoms in total. The molecule has 0 saturated heterocycles. The van der Waals surface area contributed by atoms with Crippen molar-refractivity contribution in [2.75, 3.05) is 6.61 Å². The lowest BCUT2D eigenvalue weighted by atomic mass is 10.0. The number of carbonyl (C=O) groups is 1. The molecule has 46 heavy (non-hydrogen) atoms. The zero-order valence-electron chi connectivity index (χ0n) is 30.5. The van der Waals surface area contributed by atoms with Crippen LogP contribution in [0.1, 0.15) is 194 Å². The number of hydrogen-bond donors (Lipinski definition) is 4. The maximum Gasteiger partial charge on any atom is 0.222 e. The molecule has 0 heterocycles. The predicted octanol–water partition coefficient (Wildman–Crippen LogP) is 10.8. The highest BCUT2D eigenvalue weighted by Crippen LogP contribution is 2.14. The highest BCUT2D eigenvalue weighted by molar-refractivity contribution is 5.76. The van der Waals surface area contributed by atoms with E-state index >= 15 is 0 Å². The molecule has 0 fully saturated rings. The third kappa shape index (κ3) is 32.5. The average Bonchev–Trinajstić information content (AvgIpc) is 3.05. The van der Waals surface area contributed by atoms with Crippen molar-refractivity contribution < 1.29 is 20.1 Å². The van der Waals surface area contributed by atoms with Gasteiger partial charge < -0.3 is 20.6 Å². The second-order valence-corrected chi connectivity index (χ2v) is 13.5. The second-order valence-electron chi connectivity index (χ2n) is 13.5. The molecule has 270 valence electrons. The molecule has 4 N–H and O–H groups in total. The van der Waals surface area contributed by atoms with Crippen molar-refractivity contribution in [3.05, 3.63) is 36.5 Å². The quantitative estimate of drug-likeness (QED) is 0.0407. The Morgan fingerprint density at radius 3 is 1.39 bits per heavy atom. The first-order valence-corrected chi connectivity index (χ1v) is 19.8. The van der Waals surface area contributed by atoms with Gasteiger partial charge in [0.25, 0.3) is 0 Å². The summed E-state index contributed by atoms with van der Waals surface area (Å²) in [6.45, 7) is 4.17. The zero-order chi connectivity index (χ0) is 33.8. The lowest BCUT2D eigenvalue weighted by molar-refractivity contribution is -0.124. The molecule has 0 rings (SSSR count). The van der Waals surface area contributed by atoms with Crippen LogP contribution < -0.4 is 5.32 Å². The number of hydrogen-bond acceptors (Lipinski definition) is 4. The molecule has 0 spiro atoms. The molecule has 5 heteroatoms. The minimum atomic E-state index is -0.956. The van der Waals surface area contributed by atoms with Crippen molar-refractivity contribution in [1.82, 2.24) is 5.32 Å². The maximum absolute atomic E-state index is 12.3. The highest BCUT2D eigenvalue weighted by atomic mass is 16.3. The van der Waals surface area contributed by atoms with Gasteiger partial charge in [-0.15, -0.1) is 0 Å². The molecular weight excluding hydrogens is 570 g/mol. The largest absolute Gasteiger partial charge is 0.394 e. The van der Waals surface area contributed by atoms with Crippen LogP contribution in [0.3, 0.4) is 0 Å². The number of allylic oxidation sites excluding steroid dienone is 5. The molecule has 0 aliphatic carbocycles. The topological polar surface area (TPSA) is 89.8 Å². The summed E-state index contributed by atoms with van der Waals surface area (Å²) in [6.07, 6.45) is 44.3. The van der Waals surface area contributed by atoms with E-state index in [2.05, 4.69) is 43.5 Å². The first-order chi connectivity index (χ1) is 22.5. The Morgan fingerprint density at radius 2 is 0.935 bits per heavy atom. The summed E-state index contributed by atoms with van der Waals surface area (Å²) in [5, 5.41) is 33.0. The third-order valence-corrected chi connectivity index (χ3v) is 8.91. The summed E-state index contributed by atoms with van der Waals surface area (Å²) < 4.78 is 0. The summed E-state index contributed by atoms with van der Waals surface area (Å²) in [5.41, 5.74) is 0. The molecule has 0 radical (unpaired) electrons. The fourth-order valence-corrected chi connectivity index (χ4v) is 5.84. The normalized spacial score (nSPS) is 14.1. The number of rotatable bonds is 35. The fraction of sp³-hybridized carbons (Fsp3) is 0.829. The van der Waals surface area contributed by atoms with Crippen molar-refractivity contribution in [2.24, 2.45) is 0 Å². The Kier molecular flexibility index (Phi) is 35.3. The smallest absolute Gasteiger partial charge is 0.222 e. The molecule has 0 bridgehead atoms. The van der Waals surface area contributed by atoms with E-state index in [1.165, 1.54) is 128 Å². The molecule has 3 atom stereocenters. The van der Waals surface area contributed by atoms with Gasteiger partial charge in [0.05, 0.1) is 31.3 Å². The van der Waals surface area contributed by atoms with E-state index in [0.29, 0.717) is 6.42 Å². The van der Waals surface area contributed by atoms with E-state index in [4.69, 9.17) is 0 Å². The zero-order valence-corrected chi connectivity index (χ0v) is 30.5. The SMILES string of the molecule is CCCCCCCCCCCCC/C=C/CC/C=C/CC/C=C/C(O)C(CO)NC(=O)CC(O)CCCCCCCCCCCC. The molecule has 0 aromatic heterocycles. The Morgan fingerprint density at radius 1 is 0.543 bits per heavy atom. The van der Waals surface area contributed by atoms with Gasteiger partial charge in [0.2, 0.25) is 5.91 Å². The third-order valence-electron chi connectivity index (χ3n) is 8.91. The van der Waals surface area contributed by atoms with E-state index in [1.807, 2.05) is 6.08 Å². The molecule has 0 saturated carbocycles. The molecule has 1 amide bonds. The molecular formula is C41H77NO4. The van der Waals surface area contributed by atoms with Crippen LogP contribution in [0.4, 0.5) is 0 Å². The lowest BCUT2D eigenvalue weighted by Gasteiger charge is -2.21. The maximum atomic E-state index is 12.3. The van der Waals surface area contributed by atoms with Gasteiger partial charge in [-0.1, -0.05) is 179 Å². The first-order valence-electron chi connectivity index (χ1n) is 19.8. The van der Waals surface area contributed by atoms with Gasteiger partial charge in [-0.05, 0) is 44.9 Å². The first kappa shape index (κ1) is 44.6. The van der Waals surface area contributed by atoms with Crippen LogP contribution in [-0.2, 0) is 4.79 Å². The number of carbonyl (C=O) groups excluding carboxylic acids is 1. The number of nitrogens with one attached hydrogen (secondary N) is 1. The average molecular weight is 648 g/mol. The molecule has 0 aliphatic rings. The van der Waals surface area contributed by atoms with Crippen LogP contribution in [0.15, 0.2) is 36.5 Å². The fourth-order valence-electron chi connectivity index (χ4n) is 5.84. The summed E-state index contributed by atoms with van der Waals surface area (Å²) in [5.74, 6) is -0.332. The molecule has 3 unspecified atom stereocenters. The summed E-state index contributed by atoms with van der Waals surface area (Å²) in [7, 11) is 0. The minimum absolute atomic E-state index is 0.00367. The number of aliphatic hydroxyl groups excluding tert-OH is 3. The van der Waals surface area contributed by atoms with E-state index < -0.39 is 18.2 Å². The Hall–Kier alpha value is -1.43. The van der Waals surface area contributed by atoms with Crippen molar-refractivity contribution in [1.29, 1.82) is 0 Å². The van der Waals surface area contributed by atoms with E-state index in [0.717, 1.165) is 38.5 Å². The Balaban J connectivity index is 3.77. The van der Waals surface area contributed by atoms with Gasteiger partial charge in [0.15, 0.2) is 0 Å². The number of unbranched alkanes of at least 4 members (excludes halogenated alkanes) is 22. The monoisotopic (exact) mass is 648 g/mol. The summed E-state index contributed by atoms with van der Waals surface area (Å²) in [6, 6.07) is -0.763. The second kappa shape index (κ2) is 36.4. The van der Waals surface area contributed by atoms with Crippen molar-refractivity contribution in [3.8, 4) is 0 Å². The van der Waals surface area contributed by atoms with Crippen LogP contribution in [0.25, 0.3) is 0 Å². The van der Waals surface area contributed by atoms with Gasteiger partial charge in [0.1, 0.15) is 0 Å². The van der Waals surface area contributed by atoms with Gasteiger partial charge >= 0.3 is 0 Å². The number of amides is 1. The van der Waals surface area contributed by atoms with Crippen LogP contribution in [0, 0.1) is 0 Å². The van der Waals surface area contributed by atoms with Crippen molar-refractivity contribution >= 4 is 5.91 Å². The van der Waals surface area contributed by atoms with Gasteiger partial charge in [-0.3, -0.25) is 4.79 Å². The molecule has 0 aromatic rings. The van der Waals surface area contributed by atoms with Crippen molar-refractivity contribution in [3.63, 3.8) is 0 Å². The lowest BCUT2D eigenvalue weighted by Crippen LogP contribution is -2.45. The van der Waals surface area contributed by atoms with Gasteiger partial charge in [0, 0.05) is 0 Å². The molecule has 0 aliphatic heterocycles. The van der Waals surface area contributed by atoms with Crippen LogP contribution >= 0.6 is 0 Å². The Bertz CT molecular complexity index is 719. The van der Waals surface area contributed by atoms with Gasteiger partial charge in [-0.25, -0.2) is 0 Å². The van der Waals surface area contributed by atoms with Gasteiger partial charge in [-0.2, -0.15) is 0 Å². The predicted molar refractivity (Wildman–Crippen MR) is 199 cm³/mol. The van der Waals surface area contributed by atoms with E-state index in [9.17, 15) is 20.1 Å². The minimum Gasteiger partial charge on any atom is -0.394 e. The Labute approximate surface area is 285 Å².